The molecular weight excluding hydrogens is 296 g/mol. The van der Waals surface area contributed by atoms with E-state index in [1.54, 1.807) is 35.3 Å². The van der Waals surface area contributed by atoms with Crippen molar-refractivity contribution in [1.29, 1.82) is 0 Å². The fourth-order valence-corrected chi connectivity index (χ4v) is 2.26. The van der Waals surface area contributed by atoms with Crippen molar-refractivity contribution in [2.75, 3.05) is 6.54 Å². The third-order valence-corrected chi connectivity index (χ3v) is 3.45. The number of furan rings is 1. The first-order valence-corrected chi connectivity index (χ1v) is 7.10. The fraction of sp³-hybridized carbons (Fsp3) is 0.188. The second-order valence-electron chi connectivity index (χ2n) is 5.08. The van der Waals surface area contributed by atoms with Gasteiger partial charge >= 0.3 is 0 Å². The number of hydrogen-bond acceptors (Lipinski definition) is 5. The molecule has 23 heavy (non-hydrogen) atoms. The predicted molar refractivity (Wildman–Crippen MR) is 82.1 cm³/mol. The summed E-state index contributed by atoms with van der Waals surface area (Å²) < 4.78 is 6.73. The number of aromatic nitrogens is 3. The number of nitrogens with zero attached hydrogens (tertiary/aromatic N) is 3. The molecule has 2 N–H and O–H groups in total. The Hall–Kier alpha value is -2.93. The van der Waals surface area contributed by atoms with E-state index in [-0.39, 0.29) is 12.5 Å². The van der Waals surface area contributed by atoms with Gasteiger partial charge in [-0.25, -0.2) is 9.67 Å². The second-order valence-corrected chi connectivity index (χ2v) is 5.08. The Bertz CT molecular complexity index is 782. The molecule has 3 aromatic rings. The lowest BCUT2D eigenvalue weighted by Gasteiger charge is -2.11. The molecule has 0 bridgehead atoms. The molecule has 1 amide bonds. The molecule has 1 aromatic carbocycles. The van der Waals surface area contributed by atoms with Crippen LogP contribution in [-0.2, 0) is 0 Å². The lowest BCUT2D eigenvalue weighted by atomic mass is 10.1. The highest BCUT2D eigenvalue weighted by Crippen LogP contribution is 2.15. The van der Waals surface area contributed by atoms with E-state index >= 15 is 0 Å². The maximum Gasteiger partial charge on any atom is 0.251 e. The van der Waals surface area contributed by atoms with Gasteiger partial charge in [-0.15, -0.1) is 0 Å². The quantitative estimate of drug-likeness (QED) is 0.747. The van der Waals surface area contributed by atoms with Gasteiger partial charge in [-0.05, 0) is 42.8 Å². The zero-order valence-corrected chi connectivity index (χ0v) is 12.5. The van der Waals surface area contributed by atoms with Crippen molar-refractivity contribution >= 4 is 5.91 Å². The molecule has 0 aliphatic heterocycles. The van der Waals surface area contributed by atoms with Gasteiger partial charge in [0.1, 0.15) is 24.5 Å². The van der Waals surface area contributed by atoms with Crippen molar-refractivity contribution in [2.45, 2.75) is 13.0 Å². The highest BCUT2D eigenvalue weighted by atomic mass is 16.4. The van der Waals surface area contributed by atoms with Gasteiger partial charge in [0.25, 0.3) is 5.91 Å². The molecule has 0 fully saturated rings. The van der Waals surface area contributed by atoms with E-state index < -0.39 is 6.10 Å². The maximum absolute atomic E-state index is 12.2. The second kappa shape index (κ2) is 6.45. The zero-order valence-electron chi connectivity index (χ0n) is 12.5. The first-order chi connectivity index (χ1) is 11.1. The van der Waals surface area contributed by atoms with Crippen molar-refractivity contribution in [3.05, 3.63) is 66.1 Å². The summed E-state index contributed by atoms with van der Waals surface area (Å²) >= 11 is 0. The Morgan fingerprint density at radius 2 is 2.30 bits per heavy atom. The van der Waals surface area contributed by atoms with E-state index in [0.29, 0.717) is 11.3 Å². The summed E-state index contributed by atoms with van der Waals surface area (Å²) in [4.78, 5) is 16.1. The summed E-state index contributed by atoms with van der Waals surface area (Å²) in [6.07, 6.45) is 3.66. The number of carbonyl (C=O) groups is 1. The van der Waals surface area contributed by atoms with Crippen LogP contribution in [0.2, 0.25) is 0 Å². The van der Waals surface area contributed by atoms with Gasteiger partial charge in [-0.3, -0.25) is 4.79 Å². The number of carbonyl (C=O) groups excluding carboxylic acids is 1. The number of nitrogens with one attached hydrogen (secondary N) is 1. The topological polar surface area (TPSA) is 93.2 Å². The highest BCUT2D eigenvalue weighted by Gasteiger charge is 2.14. The smallest absolute Gasteiger partial charge is 0.251 e. The molecule has 2 heterocycles. The number of amides is 1. The molecule has 3 rings (SSSR count). The number of aliphatic hydroxyl groups is 1. The number of hydrogen-bond donors (Lipinski definition) is 2. The molecule has 0 saturated heterocycles. The molecule has 2 aromatic heterocycles. The van der Waals surface area contributed by atoms with Crippen molar-refractivity contribution in [3.63, 3.8) is 0 Å². The van der Waals surface area contributed by atoms with E-state index in [2.05, 4.69) is 15.4 Å². The summed E-state index contributed by atoms with van der Waals surface area (Å²) in [5.41, 5.74) is 2.27. The standard InChI is InChI=1S/C16H16N4O3/c1-11-7-12(4-5-13(11)20-10-17-9-19-20)16(22)18-8-14(21)15-3-2-6-23-15/h2-7,9-10,14,21H,8H2,1H3,(H,18,22). The summed E-state index contributed by atoms with van der Waals surface area (Å²) in [7, 11) is 0. The summed E-state index contributed by atoms with van der Waals surface area (Å²) in [6, 6.07) is 8.63. The maximum atomic E-state index is 12.2. The molecule has 1 atom stereocenters. The minimum atomic E-state index is -0.871. The van der Waals surface area contributed by atoms with Crippen LogP contribution in [0.5, 0.6) is 0 Å². The van der Waals surface area contributed by atoms with Gasteiger partial charge in [0.05, 0.1) is 18.5 Å². The number of aryl methyl sites for hydroxylation is 1. The number of rotatable bonds is 5. The van der Waals surface area contributed by atoms with Gasteiger partial charge in [-0.2, -0.15) is 5.10 Å². The fourth-order valence-electron chi connectivity index (χ4n) is 2.26. The number of aliphatic hydroxyl groups excluding tert-OH is 1. The monoisotopic (exact) mass is 312 g/mol. The van der Waals surface area contributed by atoms with Crippen molar-refractivity contribution in [3.8, 4) is 5.69 Å². The van der Waals surface area contributed by atoms with Gasteiger partial charge in [0, 0.05) is 5.56 Å². The molecule has 1 unspecified atom stereocenters. The van der Waals surface area contributed by atoms with Crippen LogP contribution in [0.4, 0.5) is 0 Å². The average Bonchev–Trinajstić information content (AvgIpc) is 3.25. The van der Waals surface area contributed by atoms with Crippen LogP contribution >= 0.6 is 0 Å². The SMILES string of the molecule is Cc1cc(C(=O)NCC(O)c2ccco2)ccc1-n1cncn1. The van der Waals surface area contributed by atoms with Crippen LogP contribution in [0.1, 0.15) is 27.8 Å². The molecule has 0 radical (unpaired) electrons. The Kier molecular flexibility index (Phi) is 4.20. The van der Waals surface area contributed by atoms with Crippen LogP contribution in [0.25, 0.3) is 5.69 Å². The first kappa shape index (κ1) is 15.0. The van der Waals surface area contributed by atoms with E-state index in [1.807, 2.05) is 13.0 Å². The lowest BCUT2D eigenvalue weighted by Crippen LogP contribution is -2.28. The van der Waals surface area contributed by atoms with Crippen LogP contribution in [0.3, 0.4) is 0 Å². The van der Waals surface area contributed by atoms with Gasteiger partial charge in [-0.1, -0.05) is 0 Å². The molecule has 0 aliphatic rings. The summed E-state index contributed by atoms with van der Waals surface area (Å²) in [5.74, 6) is 0.159. The van der Waals surface area contributed by atoms with E-state index in [4.69, 9.17) is 4.42 Å². The van der Waals surface area contributed by atoms with E-state index in [1.165, 1.54) is 12.6 Å². The van der Waals surface area contributed by atoms with Crippen molar-refractivity contribution in [2.24, 2.45) is 0 Å². The Balaban J connectivity index is 1.67. The molecule has 7 nitrogen and oxygen atoms in total. The summed E-state index contributed by atoms with van der Waals surface area (Å²) in [5, 5.41) is 16.7. The molecule has 0 aliphatic carbocycles. The first-order valence-electron chi connectivity index (χ1n) is 7.10. The van der Waals surface area contributed by atoms with Gasteiger partial charge in [0.2, 0.25) is 0 Å². The molecule has 0 spiro atoms. The zero-order chi connectivity index (χ0) is 16.2. The third-order valence-electron chi connectivity index (χ3n) is 3.45. The van der Waals surface area contributed by atoms with Crippen LogP contribution in [0.15, 0.2) is 53.7 Å². The molecule has 0 saturated carbocycles. The lowest BCUT2D eigenvalue weighted by molar-refractivity contribution is 0.0901. The van der Waals surface area contributed by atoms with Crippen molar-refractivity contribution in [1.82, 2.24) is 20.1 Å². The normalized spacial score (nSPS) is 12.1. The highest BCUT2D eigenvalue weighted by molar-refractivity contribution is 5.94. The Labute approximate surface area is 132 Å². The van der Waals surface area contributed by atoms with E-state index in [0.717, 1.165) is 11.3 Å². The van der Waals surface area contributed by atoms with Crippen molar-refractivity contribution < 1.29 is 14.3 Å². The van der Waals surface area contributed by atoms with E-state index in [9.17, 15) is 9.90 Å². The van der Waals surface area contributed by atoms with Crippen LogP contribution in [0, 0.1) is 6.92 Å². The van der Waals surface area contributed by atoms with Crippen LogP contribution < -0.4 is 5.32 Å². The molecule has 118 valence electrons. The number of benzene rings is 1. The Morgan fingerprint density at radius 1 is 1.43 bits per heavy atom. The minimum Gasteiger partial charge on any atom is -0.467 e. The average molecular weight is 312 g/mol. The van der Waals surface area contributed by atoms with Crippen LogP contribution in [-0.4, -0.2) is 32.3 Å². The largest absolute Gasteiger partial charge is 0.467 e. The van der Waals surface area contributed by atoms with Gasteiger partial charge < -0.3 is 14.8 Å². The predicted octanol–water partition coefficient (Wildman–Crippen LogP) is 1.63. The third kappa shape index (κ3) is 3.29. The Morgan fingerprint density at radius 3 is 2.96 bits per heavy atom. The molecular formula is C16H16N4O3. The van der Waals surface area contributed by atoms with Gasteiger partial charge in [0.15, 0.2) is 0 Å². The minimum absolute atomic E-state index is 0.0796. The molecule has 7 heteroatoms. The summed E-state index contributed by atoms with van der Waals surface area (Å²) in [6.45, 7) is 1.97.